The van der Waals surface area contributed by atoms with Crippen LogP contribution in [0.15, 0.2) is 96.5 Å². The Hall–Kier alpha value is -8.06. The number of rotatable bonds is 12. The molecule has 1 unspecified atom stereocenters. The summed E-state index contributed by atoms with van der Waals surface area (Å²) in [4.78, 5) is 56.6. The van der Waals surface area contributed by atoms with Gasteiger partial charge in [-0.25, -0.2) is 24.9 Å². The van der Waals surface area contributed by atoms with Gasteiger partial charge in [0.25, 0.3) is 5.91 Å². The fourth-order valence-electron chi connectivity index (χ4n) is 8.58. The van der Waals surface area contributed by atoms with Gasteiger partial charge in [-0.2, -0.15) is 23.4 Å². The SMILES string of the molecule is Cc1ccc(C(=O)Cc2cc(CN3CCNC(C)C3)cc(C(F)(F)F)n2)cc1C#Cc1cnc(N=C(N)NC#N)cn1.Cc1ccc(NC(=O)c2ccc(CN3CCN(CP(C)(C)=O)CC3)c(Cl)c2)cc1C#Cc1cnc(N)nc1. The lowest BCUT2D eigenvalue weighted by Crippen LogP contribution is -2.48. The van der Waals surface area contributed by atoms with E-state index in [9.17, 15) is 27.3 Å². The van der Waals surface area contributed by atoms with Crippen LogP contribution >= 0.6 is 18.7 Å². The third-order valence-corrected chi connectivity index (χ3v) is 14.0. The second kappa shape index (κ2) is 27.2. The predicted molar refractivity (Wildman–Crippen MR) is 303 cm³/mol. The van der Waals surface area contributed by atoms with Gasteiger partial charge in [-0.05, 0) is 105 Å². The summed E-state index contributed by atoms with van der Waals surface area (Å²) < 4.78 is 53.1. The van der Waals surface area contributed by atoms with E-state index in [0.717, 1.165) is 61.0 Å². The van der Waals surface area contributed by atoms with Gasteiger partial charge in [-0.1, -0.05) is 53.6 Å². The average molecular weight is 1130 g/mol. The highest BCUT2D eigenvalue weighted by atomic mass is 35.5. The van der Waals surface area contributed by atoms with Crippen LogP contribution in [-0.2, 0) is 30.3 Å². The number of guanidine groups is 1. The number of pyridine rings is 1. The van der Waals surface area contributed by atoms with Crippen molar-refractivity contribution >= 4 is 53.8 Å². The van der Waals surface area contributed by atoms with Gasteiger partial charge in [0.1, 0.15) is 11.4 Å². The van der Waals surface area contributed by atoms with Crippen molar-refractivity contribution < 1.29 is 27.3 Å². The molecule has 1 amide bonds. The van der Waals surface area contributed by atoms with E-state index in [4.69, 9.17) is 28.3 Å². The zero-order valence-electron chi connectivity index (χ0n) is 44.8. The third-order valence-electron chi connectivity index (χ3n) is 12.6. The molecule has 2 fully saturated rings. The normalized spacial score (nSPS) is 15.2. The van der Waals surface area contributed by atoms with Crippen molar-refractivity contribution in [1.82, 2.24) is 50.3 Å². The Balaban J connectivity index is 0.000000232. The molecule has 0 aliphatic carbocycles. The molecule has 23 heteroatoms. The van der Waals surface area contributed by atoms with E-state index >= 15 is 0 Å². The zero-order valence-corrected chi connectivity index (χ0v) is 46.5. The summed E-state index contributed by atoms with van der Waals surface area (Å²) in [6.07, 6.45) is 3.24. The molecule has 2 saturated heterocycles. The molecule has 1 atom stereocenters. The van der Waals surface area contributed by atoms with Crippen LogP contribution < -0.4 is 27.4 Å². The molecule has 7 N–H and O–H groups in total. The van der Waals surface area contributed by atoms with E-state index in [1.165, 1.54) is 12.4 Å². The largest absolute Gasteiger partial charge is 0.433 e. The number of aliphatic imine (C=N–C) groups is 1. The summed E-state index contributed by atoms with van der Waals surface area (Å²) in [5, 5.41) is 17.5. The summed E-state index contributed by atoms with van der Waals surface area (Å²) in [5.74, 6) is 11.6. The molecule has 0 radical (unpaired) electrons. The summed E-state index contributed by atoms with van der Waals surface area (Å²) >= 11 is 6.58. The number of nitriles is 1. The maximum atomic E-state index is 13.7. The predicted octanol–water partition coefficient (Wildman–Crippen LogP) is 7.21. The third kappa shape index (κ3) is 18.3. The summed E-state index contributed by atoms with van der Waals surface area (Å²) in [7, 11) is -2.06. The number of aromatic nitrogens is 5. The van der Waals surface area contributed by atoms with Crippen molar-refractivity contribution in [2.45, 2.75) is 52.5 Å². The maximum absolute atomic E-state index is 13.7. The molecule has 0 bridgehead atoms. The molecule has 0 spiro atoms. The minimum Gasteiger partial charge on any atom is -0.369 e. The number of carbonyl (C=O) groups is 2. The molecular formula is C57H60ClF3N15O3P. The summed E-state index contributed by atoms with van der Waals surface area (Å²) in [6.45, 7) is 16.3. The topological polar surface area (TPSA) is 250 Å². The number of Topliss-reactive ketones (excluding diaryl/α,β-unsaturated/α-hetero) is 1. The van der Waals surface area contributed by atoms with Gasteiger partial charge in [0.2, 0.25) is 11.9 Å². The van der Waals surface area contributed by atoms with Gasteiger partial charge in [-0.15, -0.1) is 0 Å². The van der Waals surface area contributed by atoms with Crippen LogP contribution in [0.25, 0.3) is 0 Å². The Labute approximate surface area is 468 Å². The molecule has 3 aromatic heterocycles. The van der Waals surface area contributed by atoms with E-state index in [1.807, 2.05) is 58.4 Å². The molecule has 80 heavy (non-hydrogen) atoms. The lowest BCUT2D eigenvalue weighted by molar-refractivity contribution is -0.141. The van der Waals surface area contributed by atoms with Gasteiger partial charge < -0.3 is 26.7 Å². The lowest BCUT2D eigenvalue weighted by atomic mass is 9.99. The number of anilines is 2. The van der Waals surface area contributed by atoms with Crippen molar-refractivity contribution in [3.63, 3.8) is 0 Å². The molecule has 414 valence electrons. The molecule has 6 aromatic rings. The maximum Gasteiger partial charge on any atom is 0.433 e. The number of amides is 1. The Kier molecular flexibility index (Phi) is 20.3. The van der Waals surface area contributed by atoms with E-state index in [0.29, 0.717) is 76.7 Å². The zero-order chi connectivity index (χ0) is 57.6. The number of halogens is 4. The molecule has 3 aromatic carbocycles. The standard InChI is InChI=1S/C29H28F3N9O.C28H32ClN6O2P/c1-18-3-4-22(11-21(18)5-6-23-13-37-27(14-36-23)40-28(34)38-17-33)25(42)12-24-9-20(10-26(39-24)29(30,31)32)16-41-8-7-35-19(2)15-41;1-20-4-9-25(14-22(20)6-5-21-16-31-28(30)32-17-21)33-27(36)23-7-8-24(26(29)15-23)18-34-10-12-35(13-11-34)19-38(2,3)37/h3-4,9-11,13-14,19,35H,7-8,12,15-16H2,1-2H3,(H3,34,37,38,40);4,7-9,14-17H,10-13,18-19H2,1-3H3,(H,33,36)(H2,30,31,32). The molecule has 8 rings (SSSR count). The number of nitrogen functional groups attached to an aromatic ring is 1. The van der Waals surface area contributed by atoms with Gasteiger partial charge in [0.15, 0.2) is 17.8 Å². The Bertz CT molecular complexity index is 3470. The summed E-state index contributed by atoms with van der Waals surface area (Å²) in [6, 6.07) is 18.8. The molecule has 18 nitrogen and oxygen atoms in total. The first-order valence-corrected chi connectivity index (χ1v) is 28.5. The number of carbonyl (C=O) groups excluding carboxylic acids is 2. The monoisotopic (exact) mass is 1130 g/mol. The van der Waals surface area contributed by atoms with Crippen LogP contribution in [0, 0.1) is 49.0 Å². The van der Waals surface area contributed by atoms with Crippen LogP contribution in [0.5, 0.6) is 0 Å². The number of alkyl halides is 3. The van der Waals surface area contributed by atoms with Gasteiger partial charge >= 0.3 is 6.18 Å². The Morgan fingerprint density at radius 1 is 0.838 bits per heavy atom. The second-order valence-electron chi connectivity index (χ2n) is 19.8. The lowest BCUT2D eigenvalue weighted by Gasteiger charge is -2.35. The van der Waals surface area contributed by atoms with E-state index in [1.54, 1.807) is 55.0 Å². The van der Waals surface area contributed by atoms with Crippen LogP contribution in [0.2, 0.25) is 5.02 Å². The fourth-order valence-corrected chi connectivity index (χ4v) is 10.1. The number of nitrogens with one attached hydrogen (secondary N) is 3. The first-order valence-electron chi connectivity index (χ1n) is 25.3. The van der Waals surface area contributed by atoms with Crippen LogP contribution in [-0.4, -0.2) is 129 Å². The minimum absolute atomic E-state index is 0.0600. The average Bonchev–Trinajstić information content (AvgIpc) is 3.43. The number of nitrogens with two attached hydrogens (primary N) is 2. The van der Waals surface area contributed by atoms with Crippen molar-refractivity contribution in [2.75, 3.05) is 76.5 Å². The number of aryl methyl sites for hydroxylation is 2. The Morgan fingerprint density at radius 3 is 2.19 bits per heavy atom. The highest BCUT2D eigenvalue weighted by Gasteiger charge is 2.34. The number of piperazine rings is 2. The first-order chi connectivity index (χ1) is 38.0. The van der Waals surface area contributed by atoms with Crippen LogP contribution in [0.4, 0.5) is 30.6 Å². The first kappa shape index (κ1) is 59.6. The smallest absolute Gasteiger partial charge is 0.369 e. The number of ketones is 1. The van der Waals surface area contributed by atoms with E-state index in [2.05, 4.69) is 84.2 Å². The van der Waals surface area contributed by atoms with Crippen LogP contribution in [0.3, 0.4) is 0 Å². The quantitative estimate of drug-likeness (QED) is 0.0155. The highest BCUT2D eigenvalue weighted by Crippen LogP contribution is 2.37. The van der Waals surface area contributed by atoms with Crippen molar-refractivity contribution in [3.05, 3.63) is 164 Å². The van der Waals surface area contributed by atoms with Gasteiger partial charge in [-0.3, -0.25) is 29.6 Å². The number of hydrogen-bond donors (Lipinski definition) is 5. The molecule has 2 aliphatic heterocycles. The fraction of sp³-hybridized carbons (Fsp3) is 0.316. The molecule has 2 aliphatic rings. The van der Waals surface area contributed by atoms with E-state index < -0.39 is 19.0 Å². The van der Waals surface area contributed by atoms with Gasteiger partial charge in [0.05, 0.1) is 37.8 Å². The summed E-state index contributed by atoms with van der Waals surface area (Å²) in [5.41, 5.74) is 17.1. The number of nitrogens with zero attached hydrogens (tertiary/aromatic N) is 10. The van der Waals surface area contributed by atoms with Crippen molar-refractivity contribution in [1.29, 1.82) is 5.26 Å². The molecular weight excluding hydrogens is 1070 g/mol. The molecule has 5 heterocycles. The van der Waals surface area contributed by atoms with Crippen LogP contribution in [0.1, 0.15) is 83.7 Å². The Morgan fingerprint density at radius 2 is 1.52 bits per heavy atom. The highest BCUT2D eigenvalue weighted by molar-refractivity contribution is 7.62. The van der Waals surface area contributed by atoms with E-state index in [-0.39, 0.29) is 47.6 Å². The van der Waals surface area contributed by atoms with Crippen molar-refractivity contribution in [3.8, 4) is 29.9 Å². The van der Waals surface area contributed by atoms with Crippen molar-refractivity contribution in [2.24, 2.45) is 10.7 Å². The second-order valence-corrected chi connectivity index (χ2v) is 23.6. The number of hydrogen-bond acceptors (Lipinski definition) is 15. The minimum atomic E-state index is -4.63. The van der Waals surface area contributed by atoms with Gasteiger partial charge in [0, 0.05) is 116 Å². The number of benzene rings is 3. The molecule has 0 saturated carbocycles.